The van der Waals surface area contributed by atoms with Crippen LogP contribution in [0.15, 0.2) is 72.0 Å². The minimum Gasteiger partial charge on any atom is -0.423 e. The van der Waals surface area contributed by atoms with Crippen LogP contribution in [0, 0.1) is 17.0 Å². The monoisotopic (exact) mass is 404 g/mol. The summed E-state index contributed by atoms with van der Waals surface area (Å²) in [5, 5.41) is 14.5. The van der Waals surface area contributed by atoms with Gasteiger partial charge in [-0.05, 0) is 61.0 Å². The normalized spacial score (nSPS) is 10.6. The predicted octanol–water partition coefficient (Wildman–Crippen LogP) is 3.28. The number of nitro benzene ring substituents is 1. The summed E-state index contributed by atoms with van der Waals surface area (Å²) in [7, 11) is 0. The third-order valence-electron chi connectivity index (χ3n) is 3.96. The number of pyridine rings is 1. The van der Waals surface area contributed by atoms with Gasteiger partial charge in [0.2, 0.25) is 0 Å². The molecule has 0 aliphatic heterocycles. The maximum Gasteiger partial charge on any atom is 0.343 e. The van der Waals surface area contributed by atoms with E-state index in [4.69, 9.17) is 4.74 Å². The molecule has 3 aromatic rings. The number of rotatable bonds is 6. The molecular formula is C21H16N4O5. The summed E-state index contributed by atoms with van der Waals surface area (Å²) in [6, 6.07) is 14.9. The van der Waals surface area contributed by atoms with Crippen molar-refractivity contribution in [1.82, 2.24) is 10.4 Å². The highest BCUT2D eigenvalue weighted by Crippen LogP contribution is 2.16. The summed E-state index contributed by atoms with van der Waals surface area (Å²) < 4.78 is 5.24. The van der Waals surface area contributed by atoms with E-state index in [9.17, 15) is 19.7 Å². The molecule has 0 saturated carbocycles. The first kappa shape index (κ1) is 20.3. The number of esters is 1. The zero-order chi connectivity index (χ0) is 21.5. The maximum atomic E-state index is 12.1. The molecule has 0 saturated heterocycles. The fourth-order valence-corrected chi connectivity index (χ4v) is 2.34. The number of hydrazone groups is 1. The van der Waals surface area contributed by atoms with Gasteiger partial charge in [0.25, 0.3) is 11.6 Å². The molecule has 30 heavy (non-hydrogen) atoms. The van der Waals surface area contributed by atoms with E-state index in [2.05, 4.69) is 15.5 Å². The molecule has 0 fully saturated rings. The molecule has 1 N–H and O–H groups in total. The third kappa shape index (κ3) is 5.32. The number of ether oxygens (including phenoxy) is 1. The molecule has 9 heteroatoms. The largest absolute Gasteiger partial charge is 0.423 e. The highest BCUT2D eigenvalue weighted by atomic mass is 16.6. The molecule has 3 rings (SSSR count). The molecule has 2 aromatic carbocycles. The van der Waals surface area contributed by atoms with Crippen LogP contribution in [0.2, 0.25) is 0 Å². The lowest BCUT2D eigenvalue weighted by Gasteiger charge is -2.04. The second-order valence-corrected chi connectivity index (χ2v) is 6.15. The number of aryl methyl sites for hydroxylation is 1. The second kappa shape index (κ2) is 9.20. The van der Waals surface area contributed by atoms with Gasteiger partial charge in [-0.25, -0.2) is 10.2 Å². The van der Waals surface area contributed by atoms with Crippen LogP contribution in [-0.2, 0) is 0 Å². The van der Waals surface area contributed by atoms with Gasteiger partial charge in [0.15, 0.2) is 0 Å². The minimum atomic E-state index is -0.634. The van der Waals surface area contributed by atoms with Crippen molar-refractivity contribution in [1.29, 1.82) is 0 Å². The van der Waals surface area contributed by atoms with E-state index in [0.717, 1.165) is 5.69 Å². The molecule has 0 spiro atoms. The Hall–Kier alpha value is -4.40. The van der Waals surface area contributed by atoms with E-state index >= 15 is 0 Å². The van der Waals surface area contributed by atoms with Crippen LogP contribution < -0.4 is 10.2 Å². The summed E-state index contributed by atoms with van der Waals surface area (Å²) in [6.45, 7) is 1.83. The Morgan fingerprint density at radius 1 is 1.03 bits per heavy atom. The molecule has 0 aliphatic rings. The van der Waals surface area contributed by atoms with Crippen LogP contribution in [0.4, 0.5) is 5.69 Å². The summed E-state index contributed by atoms with van der Waals surface area (Å²) in [5.41, 5.74) is 4.37. The number of amides is 1. The van der Waals surface area contributed by atoms with Gasteiger partial charge in [-0.1, -0.05) is 0 Å². The lowest BCUT2D eigenvalue weighted by atomic mass is 10.2. The molecule has 0 radical (unpaired) electrons. The van der Waals surface area contributed by atoms with Gasteiger partial charge in [0, 0.05) is 24.0 Å². The molecule has 150 valence electrons. The van der Waals surface area contributed by atoms with E-state index in [1.807, 2.05) is 6.92 Å². The topological polar surface area (TPSA) is 124 Å². The maximum absolute atomic E-state index is 12.1. The van der Waals surface area contributed by atoms with Crippen LogP contribution in [0.3, 0.4) is 0 Å². The number of aromatic nitrogens is 1. The Bertz CT molecular complexity index is 1090. The van der Waals surface area contributed by atoms with Crippen LogP contribution in [0.25, 0.3) is 0 Å². The summed E-state index contributed by atoms with van der Waals surface area (Å²) in [4.78, 5) is 38.2. The Morgan fingerprint density at radius 2 is 1.70 bits per heavy atom. The van der Waals surface area contributed by atoms with Gasteiger partial charge < -0.3 is 4.74 Å². The Balaban J connectivity index is 1.55. The number of benzene rings is 2. The summed E-state index contributed by atoms with van der Waals surface area (Å²) >= 11 is 0. The highest BCUT2D eigenvalue weighted by Gasteiger charge is 2.11. The number of nitro groups is 1. The number of nitrogens with one attached hydrogen (secondary N) is 1. The van der Waals surface area contributed by atoms with Crippen molar-refractivity contribution >= 4 is 23.8 Å². The first-order valence-corrected chi connectivity index (χ1v) is 8.75. The van der Waals surface area contributed by atoms with E-state index < -0.39 is 10.9 Å². The highest BCUT2D eigenvalue weighted by molar-refractivity contribution is 5.94. The number of carbonyl (C=O) groups excluding carboxylic acids is 2. The third-order valence-corrected chi connectivity index (χ3v) is 3.96. The van der Waals surface area contributed by atoms with Gasteiger partial charge in [0.05, 0.1) is 22.3 Å². The van der Waals surface area contributed by atoms with Crippen molar-refractivity contribution < 1.29 is 19.2 Å². The fraction of sp³-hybridized carbons (Fsp3) is 0.0476. The average Bonchev–Trinajstić information content (AvgIpc) is 2.75. The second-order valence-electron chi connectivity index (χ2n) is 6.15. The van der Waals surface area contributed by atoms with Crippen LogP contribution in [-0.4, -0.2) is 28.0 Å². The Kier molecular flexibility index (Phi) is 6.23. The van der Waals surface area contributed by atoms with Crippen molar-refractivity contribution in [3.8, 4) is 5.75 Å². The van der Waals surface area contributed by atoms with E-state index in [0.29, 0.717) is 16.9 Å². The molecule has 1 heterocycles. The van der Waals surface area contributed by atoms with Gasteiger partial charge in [-0.3, -0.25) is 19.9 Å². The first-order valence-electron chi connectivity index (χ1n) is 8.75. The van der Waals surface area contributed by atoms with Crippen molar-refractivity contribution in [3.63, 3.8) is 0 Å². The number of nitrogens with zero attached hydrogens (tertiary/aromatic N) is 3. The molecule has 0 atom stereocenters. The van der Waals surface area contributed by atoms with Crippen molar-refractivity contribution in [2.45, 2.75) is 6.92 Å². The number of hydrogen-bond donors (Lipinski definition) is 1. The smallest absolute Gasteiger partial charge is 0.343 e. The number of hydrogen-bond acceptors (Lipinski definition) is 7. The number of non-ortho nitro benzene ring substituents is 1. The molecule has 1 aromatic heterocycles. The lowest BCUT2D eigenvalue weighted by Crippen LogP contribution is -2.17. The molecule has 0 bridgehead atoms. The fourth-order valence-electron chi connectivity index (χ4n) is 2.34. The minimum absolute atomic E-state index is 0.110. The van der Waals surface area contributed by atoms with Gasteiger partial charge >= 0.3 is 5.97 Å². The van der Waals surface area contributed by atoms with Crippen molar-refractivity contribution in [3.05, 3.63) is 99.4 Å². The lowest BCUT2D eigenvalue weighted by molar-refractivity contribution is -0.384. The summed E-state index contributed by atoms with van der Waals surface area (Å²) in [6.07, 6.45) is 2.91. The SMILES string of the molecule is Cc1ccc(C(=O)NN=Cc2ccc(OC(=O)c3ccc([N+](=O)[O-])cc3)cc2)cn1. The zero-order valence-corrected chi connectivity index (χ0v) is 15.8. The molecule has 1 amide bonds. The van der Waals surface area contributed by atoms with Gasteiger partial charge in [-0.15, -0.1) is 0 Å². The van der Waals surface area contributed by atoms with Gasteiger partial charge in [-0.2, -0.15) is 5.10 Å². The Labute approximate surface area is 171 Å². The van der Waals surface area contributed by atoms with Crippen LogP contribution >= 0.6 is 0 Å². The van der Waals surface area contributed by atoms with E-state index in [-0.39, 0.29) is 17.2 Å². The van der Waals surface area contributed by atoms with E-state index in [1.54, 1.807) is 36.4 Å². The standard InChI is InChI=1S/C21H16N4O5/c1-14-2-5-17(13-22-14)20(26)24-23-12-15-3-10-19(11-4-15)30-21(27)16-6-8-18(9-7-16)25(28)29/h2-13H,1H3,(H,24,26). The average molecular weight is 404 g/mol. The Morgan fingerprint density at radius 3 is 2.30 bits per heavy atom. The van der Waals surface area contributed by atoms with Gasteiger partial charge in [0.1, 0.15) is 5.75 Å². The van der Waals surface area contributed by atoms with E-state index in [1.165, 1.54) is 36.7 Å². The quantitative estimate of drug-likeness (QED) is 0.221. The molecule has 9 nitrogen and oxygen atoms in total. The van der Waals surface area contributed by atoms with Crippen molar-refractivity contribution in [2.75, 3.05) is 0 Å². The van der Waals surface area contributed by atoms with Crippen molar-refractivity contribution in [2.24, 2.45) is 5.10 Å². The van der Waals surface area contributed by atoms with Crippen LogP contribution in [0.1, 0.15) is 32.0 Å². The van der Waals surface area contributed by atoms with Crippen LogP contribution in [0.5, 0.6) is 5.75 Å². The summed E-state index contributed by atoms with van der Waals surface area (Å²) in [5.74, 6) is -0.719. The molecule has 0 unspecified atom stereocenters. The predicted molar refractivity (Wildman–Crippen MR) is 109 cm³/mol. The first-order chi connectivity index (χ1) is 14.4. The zero-order valence-electron chi connectivity index (χ0n) is 15.8. The molecular weight excluding hydrogens is 388 g/mol. The number of carbonyl (C=O) groups is 2. The molecule has 0 aliphatic carbocycles.